The lowest BCUT2D eigenvalue weighted by molar-refractivity contribution is -0.312. The number of nitrogens with zero attached hydrogens (tertiary/aromatic N) is 2. The molecule has 1 amide bonds. The topological polar surface area (TPSA) is 52.9 Å². The summed E-state index contributed by atoms with van der Waals surface area (Å²) in [6.07, 6.45) is -2.33. The number of alkyl halides is 3. The summed E-state index contributed by atoms with van der Waals surface area (Å²) in [7, 11) is 0. The molecular formula is C17H19F3N2O2. The Hall–Kier alpha value is -1.89. The van der Waals surface area contributed by atoms with E-state index in [2.05, 4.69) is 5.10 Å². The first-order valence-corrected chi connectivity index (χ1v) is 8.03. The van der Waals surface area contributed by atoms with Crippen LogP contribution in [-0.4, -0.2) is 33.6 Å². The number of hydrogen-bond acceptors (Lipinski definition) is 3. The van der Waals surface area contributed by atoms with E-state index in [9.17, 15) is 23.1 Å². The van der Waals surface area contributed by atoms with E-state index in [1.807, 2.05) is 6.92 Å². The van der Waals surface area contributed by atoms with Crippen molar-refractivity contribution in [2.45, 2.75) is 50.9 Å². The average molecular weight is 340 g/mol. The molecule has 1 N–H and O–H groups in total. The number of halogens is 3. The monoisotopic (exact) mass is 340 g/mol. The van der Waals surface area contributed by atoms with Crippen molar-refractivity contribution < 1.29 is 23.1 Å². The molecule has 1 aliphatic heterocycles. The predicted octanol–water partition coefficient (Wildman–Crippen LogP) is 3.64. The van der Waals surface area contributed by atoms with Crippen LogP contribution in [0.1, 0.15) is 48.0 Å². The molecular weight excluding hydrogens is 321 g/mol. The fourth-order valence-corrected chi connectivity index (χ4v) is 3.41. The summed E-state index contributed by atoms with van der Waals surface area (Å²) in [5.41, 5.74) is -2.04. The SMILES string of the molecule is Cc1ccc(C(=O)N2N=C3CCCCCC3C2(O)C(F)(F)F)cc1. The Morgan fingerprint density at radius 2 is 1.92 bits per heavy atom. The molecule has 0 bridgehead atoms. The predicted molar refractivity (Wildman–Crippen MR) is 82.4 cm³/mol. The van der Waals surface area contributed by atoms with Crippen LogP contribution in [0.25, 0.3) is 0 Å². The highest BCUT2D eigenvalue weighted by Gasteiger charge is 2.68. The lowest BCUT2D eigenvalue weighted by Crippen LogP contribution is -2.61. The van der Waals surface area contributed by atoms with E-state index in [0.717, 1.165) is 18.4 Å². The van der Waals surface area contributed by atoms with Gasteiger partial charge in [0.2, 0.25) is 0 Å². The minimum Gasteiger partial charge on any atom is -0.362 e. The van der Waals surface area contributed by atoms with Gasteiger partial charge in [-0.1, -0.05) is 30.5 Å². The zero-order valence-corrected chi connectivity index (χ0v) is 13.3. The highest BCUT2D eigenvalue weighted by atomic mass is 19.4. The standard InChI is InChI=1S/C17H19F3N2O2/c1-11-7-9-12(10-8-11)15(23)22-16(24,17(18,19)20)13-5-3-2-4-6-14(13)21-22/h7-10,13,24H,2-6H2,1H3. The van der Waals surface area contributed by atoms with Gasteiger partial charge in [0.1, 0.15) is 0 Å². The first-order valence-electron chi connectivity index (χ1n) is 8.03. The van der Waals surface area contributed by atoms with Gasteiger partial charge in [-0.2, -0.15) is 23.3 Å². The van der Waals surface area contributed by atoms with Crippen LogP contribution >= 0.6 is 0 Å². The highest BCUT2D eigenvalue weighted by molar-refractivity contribution is 5.99. The molecule has 24 heavy (non-hydrogen) atoms. The van der Waals surface area contributed by atoms with Gasteiger partial charge in [-0.15, -0.1) is 0 Å². The van der Waals surface area contributed by atoms with Crippen molar-refractivity contribution in [3.63, 3.8) is 0 Å². The van der Waals surface area contributed by atoms with Gasteiger partial charge in [0, 0.05) is 11.3 Å². The molecule has 0 radical (unpaired) electrons. The van der Waals surface area contributed by atoms with Crippen LogP contribution in [0.15, 0.2) is 29.4 Å². The molecule has 0 spiro atoms. The number of carbonyl (C=O) groups excluding carboxylic acids is 1. The Kier molecular flexibility index (Phi) is 4.15. The third-order valence-corrected chi connectivity index (χ3v) is 4.77. The number of aryl methyl sites for hydroxylation is 1. The van der Waals surface area contributed by atoms with E-state index in [4.69, 9.17) is 0 Å². The Bertz CT molecular complexity index is 669. The number of amides is 1. The average Bonchev–Trinajstić information content (AvgIpc) is 2.68. The van der Waals surface area contributed by atoms with Crippen LogP contribution in [-0.2, 0) is 0 Å². The van der Waals surface area contributed by atoms with Crippen LogP contribution in [0, 0.1) is 12.8 Å². The normalized spacial score (nSPS) is 27.5. The van der Waals surface area contributed by atoms with Crippen LogP contribution in [0.4, 0.5) is 13.2 Å². The zero-order chi connectivity index (χ0) is 17.5. The minimum atomic E-state index is -4.98. The molecule has 2 aliphatic rings. The van der Waals surface area contributed by atoms with Crippen LogP contribution in [0.5, 0.6) is 0 Å². The molecule has 1 saturated carbocycles. The molecule has 130 valence electrons. The van der Waals surface area contributed by atoms with Crippen molar-refractivity contribution in [3.8, 4) is 0 Å². The number of rotatable bonds is 1. The van der Waals surface area contributed by atoms with Crippen molar-refractivity contribution in [1.82, 2.24) is 5.01 Å². The second-order valence-electron chi connectivity index (χ2n) is 6.45. The molecule has 2 atom stereocenters. The molecule has 1 aromatic carbocycles. The first-order chi connectivity index (χ1) is 11.2. The molecule has 7 heteroatoms. The maximum Gasteiger partial charge on any atom is 0.439 e. The van der Waals surface area contributed by atoms with Crippen molar-refractivity contribution in [1.29, 1.82) is 0 Å². The number of fused-ring (bicyclic) bond motifs is 1. The summed E-state index contributed by atoms with van der Waals surface area (Å²) >= 11 is 0. The van der Waals surface area contributed by atoms with Crippen molar-refractivity contribution in [2.75, 3.05) is 0 Å². The van der Waals surface area contributed by atoms with Gasteiger partial charge < -0.3 is 5.11 Å². The van der Waals surface area contributed by atoms with Gasteiger partial charge in [-0.3, -0.25) is 4.79 Å². The fourth-order valence-electron chi connectivity index (χ4n) is 3.41. The number of aliphatic hydroxyl groups is 1. The largest absolute Gasteiger partial charge is 0.439 e. The van der Waals surface area contributed by atoms with Gasteiger partial charge in [0.15, 0.2) is 0 Å². The Morgan fingerprint density at radius 1 is 1.25 bits per heavy atom. The maximum atomic E-state index is 13.7. The van der Waals surface area contributed by atoms with Gasteiger partial charge >= 0.3 is 6.18 Å². The van der Waals surface area contributed by atoms with Gasteiger partial charge in [0.25, 0.3) is 11.6 Å². The van der Waals surface area contributed by atoms with Crippen molar-refractivity contribution in [2.24, 2.45) is 11.0 Å². The molecule has 0 aromatic heterocycles. The molecule has 2 unspecified atom stereocenters. The number of benzene rings is 1. The second-order valence-corrected chi connectivity index (χ2v) is 6.45. The Balaban J connectivity index is 2.03. The van der Waals surface area contributed by atoms with Gasteiger partial charge in [-0.25, -0.2) is 0 Å². The Labute approximate surface area is 138 Å². The summed E-state index contributed by atoms with van der Waals surface area (Å²) in [4.78, 5) is 12.6. The van der Waals surface area contributed by atoms with E-state index in [1.165, 1.54) is 12.1 Å². The lowest BCUT2D eigenvalue weighted by atomic mass is 9.87. The van der Waals surface area contributed by atoms with Crippen molar-refractivity contribution >= 4 is 11.6 Å². The third kappa shape index (κ3) is 2.60. The molecule has 3 rings (SSSR count). The molecule has 4 nitrogen and oxygen atoms in total. The van der Waals surface area contributed by atoms with Crippen LogP contribution < -0.4 is 0 Å². The van der Waals surface area contributed by atoms with Gasteiger partial charge in [-0.05, 0) is 38.3 Å². The molecule has 1 aliphatic carbocycles. The number of carbonyl (C=O) groups is 1. The van der Waals surface area contributed by atoms with Crippen molar-refractivity contribution in [3.05, 3.63) is 35.4 Å². The zero-order valence-electron chi connectivity index (χ0n) is 13.3. The van der Waals surface area contributed by atoms with Crippen LogP contribution in [0.3, 0.4) is 0 Å². The molecule has 0 saturated heterocycles. The van der Waals surface area contributed by atoms with E-state index in [-0.39, 0.29) is 22.7 Å². The smallest absolute Gasteiger partial charge is 0.362 e. The molecule has 1 heterocycles. The summed E-state index contributed by atoms with van der Waals surface area (Å²) in [5, 5.41) is 14.7. The lowest BCUT2D eigenvalue weighted by Gasteiger charge is -2.37. The van der Waals surface area contributed by atoms with E-state index in [1.54, 1.807) is 12.1 Å². The third-order valence-electron chi connectivity index (χ3n) is 4.77. The number of hydrogen-bond donors (Lipinski definition) is 1. The maximum absolute atomic E-state index is 13.7. The van der Waals surface area contributed by atoms with E-state index >= 15 is 0 Å². The highest BCUT2D eigenvalue weighted by Crippen LogP contribution is 2.47. The summed E-state index contributed by atoms with van der Waals surface area (Å²) < 4.78 is 41.2. The van der Waals surface area contributed by atoms with E-state index < -0.39 is 23.7 Å². The van der Waals surface area contributed by atoms with Crippen LogP contribution in [0.2, 0.25) is 0 Å². The molecule has 1 fully saturated rings. The Morgan fingerprint density at radius 3 is 2.54 bits per heavy atom. The first kappa shape index (κ1) is 17.0. The fraction of sp³-hybridized carbons (Fsp3) is 0.529. The second kappa shape index (κ2) is 5.88. The number of hydrazone groups is 1. The minimum absolute atomic E-state index is 0.0732. The van der Waals surface area contributed by atoms with Gasteiger partial charge in [0.05, 0.1) is 5.92 Å². The quantitative estimate of drug-likeness (QED) is 0.849. The summed E-state index contributed by atoms with van der Waals surface area (Å²) in [6.45, 7) is 1.81. The summed E-state index contributed by atoms with van der Waals surface area (Å²) in [6, 6.07) is 6.17. The summed E-state index contributed by atoms with van der Waals surface area (Å²) in [5.74, 6) is -2.12. The van der Waals surface area contributed by atoms with E-state index in [0.29, 0.717) is 12.8 Å². The molecule has 1 aromatic rings.